The van der Waals surface area contributed by atoms with E-state index in [0.717, 1.165) is 37.7 Å². The molecule has 0 amide bonds. The third-order valence-electron chi connectivity index (χ3n) is 5.38. The van der Waals surface area contributed by atoms with Gasteiger partial charge in [0.15, 0.2) is 0 Å². The Kier molecular flexibility index (Phi) is 8.76. The second-order valence-corrected chi connectivity index (χ2v) is 9.73. The number of carbonyl (C=O) groups excluding carboxylic acids is 1. The number of sulfonamides is 1. The van der Waals surface area contributed by atoms with Crippen molar-refractivity contribution in [2.24, 2.45) is 5.41 Å². The van der Waals surface area contributed by atoms with Crippen LogP contribution in [0, 0.1) is 5.41 Å². The third-order valence-corrected chi connectivity index (χ3v) is 7.05. The number of hydrogen-bond acceptors (Lipinski definition) is 4. The van der Waals surface area contributed by atoms with Crippen LogP contribution in [-0.2, 0) is 27.7 Å². The second kappa shape index (κ2) is 10.4. The molecule has 0 spiro atoms. The topological polar surface area (TPSA) is 86.3 Å². The number of benzene rings is 2. The quantitative estimate of drug-likeness (QED) is 0.568. The molecule has 1 saturated carbocycles. The molecule has 0 radical (unpaired) electrons. The van der Waals surface area contributed by atoms with Gasteiger partial charge < -0.3 is 9.90 Å². The van der Waals surface area contributed by atoms with Crippen LogP contribution in [0.5, 0.6) is 0 Å². The van der Waals surface area contributed by atoms with E-state index in [-0.39, 0.29) is 46.3 Å². The molecular formula is C21H23ClNNaO4S. The molecule has 150 valence electrons. The van der Waals surface area contributed by atoms with Crippen molar-refractivity contribution in [3.8, 4) is 0 Å². The first-order valence-corrected chi connectivity index (χ1v) is 11.2. The first kappa shape index (κ1) is 24.4. The van der Waals surface area contributed by atoms with Crippen molar-refractivity contribution in [3.63, 3.8) is 0 Å². The van der Waals surface area contributed by atoms with Crippen LogP contribution in [0.2, 0.25) is 5.02 Å². The van der Waals surface area contributed by atoms with Crippen molar-refractivity contribution in [2.75, 3.05) is 6.54 Å². The molecule has 1 aliphatic rings. The zero-order valence-corrected chi connectivity index (χ0v) is 20.1. The fourth-order valence-electron chi connectivity index (χ4n) is 3.86. The van der Waals surface area contributed by atoms with Gasteiger partial charge in [-0.2, -0.15) is 0 Å². The number of aliphatic carboxylic acids is 1. The summed E-state index contributed by atoms with van der Waals surface area (Å²) in [7, 11) is -3.60. The van der Waals surface area contributed by atoms with Crippen LogP contribution in [-0.4, -0.2) is 20.9 Å². The Balaban J connectivity index is 0.00000300. The fraction of sp³-hybridized carbons (Fsp3) is 0.381. The van der Waals surface area contributed by atoms with Gasteiger partial charge in [0, 0.05) is 24.0 Å². The van der Waals surface area contributed by atoms with Crippen LogP contribution in [0.1, 0.15) is 36.8 Å². The van der Waals surface area contributed by atoms with Gasteiger partial charge in [0.25, 0.3) is 0 Å². The molecule has 0 aliphatic heterocycles. The molecule has 8 heteroatoms. The second-order valence-electron chi connectivity index (χ2n) is 7.53. The fourth-order valence-corrected chi connectivity index (χ4v) is 5.14. The summed E-state index contributed by atoms with van der Waals surface area (Å²) < 4.78 is 28.0. The van der Waals surface area contributed by atoms with Gasteiger partial charge in [-0.3, -0.25) is 0 Å². The average Bonchev–Trinajstić information content (AvgIpc) is 3.11. The van der Waals surface area contributed by atoms with Gasteiger partial charge in [0.2, 0.25) is 10.0 Å². The monoisotopic (exact) mass is 443 g/mol. The summed E-state index contributed by atoms with van der Waals surface area (Å²) in [4.78, 5) is 10.9. The summed E-state index contributed by atoms with van der Waals surface area (Å²) in [5, 5.41) is 11.2. The zero-order valence-electron chi connectivity index (χ0n) is 16.5. The van der Waals surface area contributed by atoms with Crippen LogP contribution in [0.15, 0.2) is 53.4 Å². The molecule has 1 aliphatic carbocycles. The minimum atomic E-state index is -3.60. The predicted octanol–water partition coefficient (Wildman–Crippen LogP) is -0.282. The van der Waals surface area contributed by atoms with Gasteiger partial charge in [-0.15, -0.1) is 0 Å². The van der Waals surface area contributed by atoms with E-state index in [4.69, 9.17) is 11.6 Å². The van der Waals surface area contributed by atoms with E-state index < -0.39 is 16.0 Å². The Morgan fingerprint density at radius 3 is 2.10 bits per heavy atom. The third kappa shape index (κ3) is 6.81. The molecule has 1 N–H and O–H groups in total. The first-order chi connectivity index (χ1) is 13.3. The Morgan fingerprint density at radius 1 is 1.00 bits per heavy atom. The van der Waals surface area contributed by atoms with Crippen molar-refractivity contribution in [1.82, 2.24) is 4.72 Å². The molecule has 0 saturated heterocycles. The van der Waals surface area contributed by atoms with Gasteiger partial charge in [-0.1, -0.05) is 48.7 Å². The summed E-state index contributed by atoms with van der Waals surface area (Å²) in [6, 6.07) is 13.6. The number of halogens is 1. The van der Waals surface area contributed by atoms with Crippen LogP contribution in [0.3, 0.4) is 0 Å². The number of rotatable bonds is 8. The molecule has 5 nitrogen and oxygen atoms in total. The van der Waals surface area contributed by atoms with Crippen molar-refractivity contribution < 1.29 is 47.9 Å². The van der Waals surface area contributed by atoms with Gasteiger partial charge in [0.05, 0.1) is 4.90 Å². The van der Waals surface area contributed by atoms with E-state index in [1.807, 2.05) is 12.1 Å². The minimum Gasteiger partial charge on any atom is -0.550 e. The Hall–Kier alpha value is -0.890. The molecule has 0 heterocycles. The minimum absolute atomic E-state index is 0. The summed E-state index contributed by atoms with van der Waals surface area (Å²) >= 11 is 5.84. The van der Waals surface area contributed by atoms with E-state index in [9.17, 15) is 18.3 Å². The first-order valence-electron chi connectivity index (χ1n) is 9.31. The number of carboxylic acid groups (broad SMARTS) is 1. The SMILES string of the molecule is O=C([O-])Cc1ccc(CC2(CNS(=O)(=O)c3ccc(Cl)cc3)CCCC2)cc1.[Na+]. The van der Waals surface area contributed by atoms with Gasteiger partial charge in [-0.05, 0) is 60.1 Å². The number of carbonyl (C=O) groups is 1. The van der Waals surface area contributed by atoms with Crippen molar-refractivity contribution in [1.29, 1.82) is 0 Å². The van der Waals surface area contributed by atoms with E-state index in [2.05, 4.69) is 4.72 Å². The van der Waals surface area contributed by atoms with Crippen molar-refractivity contribution in [2.45, 2.75) is 43.4 Å². The Labute approximate surface area is 199 Å². The zero-order chi connectivity index (χ0) is 20.2. The molecule has 2 aromatic rings. The largest absolute Gasteiger partial charge is 1.00 e. The molecular weight excluding hydrogens is 421 g/mol. The van der Waals surface area contributed by atoms with E-state index >= 15 is 0 Å². The van der Waals surface area contributed by atoms with E-state index in [0.29, 0.717) is 17.1 Å². The molecule has 29 heavy (non-hydrogen) atoms. The molecule has 1 fully saturated rings. The molecule has 0 aromatic heterocycles. The molecule has 0 atom stereocenters. The smallest absolute Gasteiger partial charge is 0.550 e. The summed E-state index contributed by atoms with van der Waals surface area (Å²) in [5.74, 6) is -1.10. The standard InChI is InChI=1S/C21H24ClNO4S.Na/c22-18-7-9-19(10-8-18)28(26,27)23-15-21(11-1-2-12-21)14-17-5-3-16(4-6-17)13-20(24)25;/h3-10,23H,1-2,11-15H2,(H,24,25);/q;+1/p-1. The summed E-state index contributed by atoms with van der Waals surface area (Å²) in [6.07, 6.45) is 4.71. The van der Waals surface area contributed by atoms with Crippen molar-refractivity contribution >= 4 is 27.6 Å². The average molecular weight is 444 g/mol. The normalized spacial score (nSPS) is 15.6. The van der Waals surface area contributed by atoms with Crippen LogP contribution >= 0.6 is 11.6 Å². The van der Waals surface area contributed by atoms with Gasteiger partial charge in [-0.25, -0.2) is 13.1 Å². The van der Waals surface area contributed by atoms with Crippen molar-refractivity contribution in [3.05, 3.63) is 64.7 Å². The van der Waals surface area contributed by atoms with Gasteiger partial charge >= 0.3 is 29.6 Å². The summed E-state index contributed by atoms with van der Waals surface area (Å²) in [5.41, 5.74) is 1.65. The maximum Gasteiger partial charge on any atom is 1.00 e. The van der Waals surface area contributed by atoms with E-state index in [1.54, 1.807) is 24.3 Å². The maximum absolute atomic E-state index is 12.6. The predicted molar refractivity (Wildman–Crippen MR) is 106 cm³/mol. The van der Waals surface area contributed by atoms with Crippen LogP contribution in [0.4, 0.5) is 0 Å². The Bertz CT molecular complexity index is 924. The molecule has 0 unspecified atom stereocenters. The number of carboxylic acids is 1. The molecule has 0 bridgehead atoms. The van der Waals surface area contributed by atoms with Crippen LogP contribution < -0.4 is 39.4 Å². The van der Waals surface area contributed by atoms with E-state index in [1.165, 1.54) is 12.1 Å². The Morgan fingerprint density at radius 2 is 1.55 bits per heavy atom. The maximum atomic E-state index is 12.6. The van der Waals surface area contributed by atoms with Gasteiger partial charge in [0.1, 0.15) is 0 Å². The van der Waals surface area contributed by atoms with Crippen LogP contribution in [0.25, 0.3) is 0 Å². The number of nitrogens with one attached hydrogen (secondary N) is 1. The number of hydrogen-bond donors (Lipinski definition) is 1. The molecule has 2 aromatic carbocycles. The molecule has 3 rings (SSSR count). The summed E-state index contributed by atoms with van der Waals surface area (Å²) in [6.45, 7) is 0.374.